The Hall–Kier alpha value is -2.16. The number of hydrogen-bond donors (Lipinski definition) is 0. The van der Waals surface area contributed by atoms with Gasteiger partial charge in [-0.25, -0.2) is 14.3 Å². The van der Waals surface area contributed by atoms with Crippen LogP contribution in [0.4, 0.5) is 0 Å². The van der Waals surface area contributed by atoms with Crippen LogP contribution in [0.15, 0.2) is 42.9 Å². The molecule has 0 N–H and O–H groups in total. The van der Waals surface area contributed by atoms with Crippen LogP contribution in [-0.4, -0.2) is 27.2 Å². The molecule has 0 amide bonds. The molecule has 7 heteroatoms. The predicted molar refractivity (Wildman–Crippen MR) is 92.4 cm³/mol. The van der Waals surface area contributed by atoms with E-state index in [9.17, 15) is 4.79 Å². The molecular weight excluding hydrogens is 409 g/mol. The number of ether oxygens (including phenoxy) is 2. The highest BCUT2D eigenvalue weighted by Gasteiger charge is 2.23. The number of halogens is 1. The molecule has 3 aromatic rings. The highest BCUT2D eigenvalue weighted by Crippen LogP contribution is 2.30. The molecule has 3 rings (SSSR count). The Morgan fingerprint density at radius 3 is 2.83 bits per heavy atom. The Bertz CT molecular complexity index is 833. The molecule has 0 atom stereocenters. The lowest BCUT2D eigenvalue weighted by molar-refractivity contribution is 0.0522. The maximum absolute atomic E-state index is 12.4. The molecular formula is C16H14IN3O3. The van der Waals surface area contributed by atoms with E-state index >= 15 is 0 Å². The first-order valence-electron chi connectivity index (χ1n) is 7.06. The smallest absolute Gasteiger partial charge is 0.345 e. The molecule has 1 aromatic carbocycles. The van der Waals surface area contributed by atoms with Gasteiger partial charge in [-0.3, -0.25) is 0 Å². The zero-order chi connectivity index (χ0) is 16.2. The largest absolute Gasteiger partial charge is 0.487 e. The van der Waals surface area contributed by atoms with Crippen LogP contribution in [0, 0.1) is 3.57 Å². The van der Waals surface area contributed by atoms with Gasteiger partial charge in [-0.1, -0.05) is 30.3 Å². The fourth-order valence-electron chi connectivity index (χ4n) is 2.17. The van der Waals surface area contributed by atoms with Crippen molar-refractivity contribution in [1.29, 1.82) is 0 Å². The summed E-state index contributed by atoms with van der Waals surface area (Å²) in [6.45, 7) is 2.40. The first-order chi connectivity index (χ1) is 11.2. The SMILES string of the molecule is CCOC(=O)c1c(OCc2ccccc2)c(I)cn2ncnc12. The highest BCUT2D eigenvalue weighted by atomic mass is 127. The molecule has 0 spiro atoms. The minimum Gasteiger partial charge on any atom is -0.487 e. The number of pyridine rings is 1. The second-order valence-electron chi connectivity index (χ2n) is 4.70. The quantitative estimate of drug-likeness (QED) is 0.466. The minimum absolute atomic E-state index is 0.280. The summed E-state index contributed by atoms with van der Waals surface area (Å²) in [5.41, 5.74) is 1.73. The summed E-state index contributed by atoms with van der Waals surface area (Å²) >= 11 is 2.11. The summed E-state index contributed by atoms with van der Waals surface area (Å²) in [4.78, 5) is 16.5. The third kappa shape index (κ3) is 3.29. The number of fused-ring (bicyclic) bond motifs is 1. The van der Waals surface area contributed by atoms with Crippen molar-refractivity contribution >= 4 is 34.2 Å². The van der Waals surface area contributed by atoms with Gasteiger partial charge in [0, 0.05) is 6.20 Å². The fourth-order valence-corrected chi connectivity index (χ4v) is 2.86. The molecule has 0 radical (unpaired) electrons. The van der Waals surface area contributed by atoms with Crippen molar-refractivity contribution in [2.45, 2.75) is 13.5 Å². The fraction of sp³-hybridized carbons (Fsp3) is 0.188. The van der Waals surface area contributed by atoms with Crippen LogP contribution in [0.1, 0.15) is 22.8 Å². The van der Waals surface area contributed by atoms with Gasteiger partial charge in [0.2, 0.25) is 0 Å². The van der Waals surface area contributed by atoms with Crippen LogP contribution in [0.2, 0.25) is 0 Å². The number of carbonyl (C=O) groups excluding carboxylic acids is 1. The molecule has 6 nitrogen and oxygen atoms in total. The van der Waals surface area contributed by atoms with Gasteiger partial charge in [-0.05, 0) is 35.1 Å². The third-order valence-electron chi connectivity index (χ3n) is 3.18. The molecule has 2 heterocycles. The minimum atomic E-state index is -0.466. The maximum atomic E-state index is 12.4. The Kier molecular flexibility index (Phi) is 4.75. The lowest BCUT2D eigenvalue weighted by Crippen LogP contribution is -2.12. The van der Waals surface area contributed by atoms with E-state index in [1.807, 2.05) is 30.3 Å². The number of hydrogen-bond acceptors (Lipinski definition) is 5. The highest BCUT2D eigenvalue weighted by molar-refractivity contribution is 14.1. The molecule has 0 bridgehead atoms. The Balaban J connectivity index is 2.01. The summed E-state index contributed by atoms with van der Waals surface area (Å²) in [5, 5.41) is 4.08. The van der Waals surface area contributed by atoms with Crippen LogP contribution in [0.25, 0.3) is 5.65 Å². The number of nitrogens with zero attached hydrogens (tertiary/aromatic N) is 3. The van der Waals surface area contributed by atoms with E-state index < -0.39 is 5.97 Å². The molecule has 0 fully saturated rings. The summed E-state index contributed by atoms with van der Waals surface area (Å²) in [7, 11) is 0. The monoisotopic (exact) mass is 423 g/mol. The Labute approximate surface area is 146 Å². The first kappa shape index (κ1) is 15.7. The van der Waals surface area contributed by atoms with Crippen molar-refractivity contribution in [3.05, 3.63) is 57.6 Å². The Morgan fingerprint density at radius 2 is 2.09 bits per heavy atom. The molecule has 0 saturated carbocycles. The van der Waals surface area contributed by atoms with Crippen molar-refractivity contribution in [3.63, 3.8) is 0 Å². The van der Waals surface area contributed by atoms with E-state index in [-0.39, 0.29) is 6.61 Å². The van der Waals surface area contributed by atoms with Crippen molar-refractivity contribution in [2.75, 3.05) is 6.61 Å². The Morgan fingerprint density at radius 1 is 1.30 bits per heavy atom. The van der Waals surface area contributed by atoms with Gasteiger partial charge in [-0.2, -0.15) is 5.10 Å². The van der Waals surface area contributed by atoms with Crippen LogP contribution < -0.4 is 4.74 Å². The first-order valence-corrected chi connectivity index (χ1v) is 8.14. The number of benzene rings is 1. The number of aromatic nitrogens is 3. The second-order valence-corrected chi connectivity index (χ2v) is 5.87. The molecule has 2 aromatic heterocycles. The van der Waals surface area contributed by atoms with E-state index in [0.29, 0.717) is 23.6 Å². The molecule has 0 aliphatic rings. The van der Waals surface area contributed by atoms with E-state index in [2.05, 4.69) is 32.7 Å². The van der Waals surface area contributed by atoms with E-state index in [0.717, 1.165) is 9.13 Å². The van der Waals surface area contributed by atoms with Crippen LogP contribution in [0.3, 0.4) is 0 Å². The molecule has 0 unspecified atom stereocenters. The van der Waals surface area contributed by atoms with Gasteiger partial charge in [0.15, 0.2) is 11.4 Å². The zero-order valence-electron chi connectivity index (χ0n) is 12.4. The van der Waals surface area contributed by atoms with E-state index in [1.165, 1.54) is 6.33 Å². The van der Waals surface area contributed by atoms with Crippen LogP contribution >= 0.6 is 22.6 Å². The second kappa shape index (κ2) is 6.95. The van der Waals surface area contributed by atoms with Gasteiger partial charge < -0.3 is 9.47 Å². The molecule has 0 aliphatic carbocycles. The summed E-state index contributed by atoms with van der Waals surface area (Å²) in [6, 6.07) is 9.76. The zero-order valence-corrected chi connectivity index (χ0v) is 14.6. The van der Waals surface area contributed by atoms with Crippen molar-refractivity contribution in [1.82, 2.24) is 14.6 Å². The van der Waals surface area contributed by atoms with E-state index in [1.54, 1.807) is 17.6 Å². The average Bonchev–Trinajstić information content (AvgIpc) is 3.01. The van der Waals surface area contributed by atoms with Gasteiger partial charge in [-0.15, -0.1) is 0 Å². The summed E-state index contributed by atoms with van der Waals surface area (Å²) in [6.07, 6.45) is 3.17. The van der Waals surface area contributed by atoms with Gasteiger partial charge in [0.1, 0.15) is 18.5 Å². The number of esters is 1. The van der Waals surface area contributed by atoms with Gasteiger partial charge in [0.25, 0.3) is 0 Å². The summed E-state index contributed by atoms with van der Waals surface area (Å²) < 4.78 is 13.4. The normalized spacial score (nSPS) is 10.7. The van der Waals surface area contributed by atoms with Crippen LogP contribution in [0.5, 0.6) is 5.75 Å². The lowest BCUT2D eigenvalue weighted by atomic mass is 10.2. The molecule has 0 saturated heterocycles. The number of rotatable bonds is 5. The maximum Gasteiger partial charge on any atom is 0.345 e. The van der Waals surface area contributed by atoms with Crippen molar-refractivity contribution < 1.29 is 14.3 Å². The molecule has 118 valence electrons. The van der Waals surface area contributed by atoms with E-state index in [4.69, 9.17) is 9.47 Å². The predicted octanol–water partition coefficient (Wildman–Crippen LogP) is 3.09. The third-order valence-corrected chi connectivity index (χ3v) is 3.95. The molecule has 0 aliphatic heterocycles. The van der Waals surface area contributed by atoms with Gasteiger partial charge >= 0.3 is 5.97 Å². The standard InChI is InChI=1S/C16H14IN3O3/c1-2-22-16(21)13-14(23-9-11-6-4-3-5-7-11)12(17)8-20-15(13)18-10-19-20/h3-8,10H,2,9H2,1H3. The lowest BCUT2D eigenvalue weighted by Gasteiger charge is -2.13. The van der Waals surface area contributed by atoms with Crippen LogP contribution in [-0.2, 0) is 11.3 Å². The molecule has 23 heavy (non-hydrogen) atoms. The van der Waals surface area contributed by atoms with Crippen molar-refractivity contribution in [2.24, 2.45) is 0 Å². The summed E-state index contributed by atoms with van der Waals surface area (Å²) in [5.74, 6) is 0.000445. The topological polar surface area (TPSA) is 65.7 Å². The average molecular weight is 423 g/mol. The van der Waals surface area contributed by atoms with Gasteiger partial charge in [0.05, 0.1) is 10.2 Å². The van der Waals surface area contributed by atoms with Crippen molar-refractivity contribution in [3.8, 4) is 5.75 Å². The number of carbonyl (C=O) groups is 1.